The molecule has 0 amide bonds. The van der Waals surface area contributed by atoms with Gasteiger partial charge in [-0.15, -0.1) is 0 Å². The van der Waals surface area contributed by atoms with Gasteiger partial charge in [-0.25, -0.2) is 13.2 Å². The van der Waals surface area contributed by atoms with E-state index in [1.54, 1.807) is 6.07 Å². The van der Waals surface area contributed by atoms with Gasteiger partial charge in [0, 0.05) is 11.1 Å². The van der Waals surface area contributed by atoms with Crippen LogP contribution in [0, 0.1) is 23.4 Å². The van der Waals surface area contributed by atoms with Crippen LogP contribution >= 0.6 is 0 Å². The van der Waals surface area contributed by atoms with Gasteiger partial charge in [0.15, 0.2) is 11.6 Å². The van der Waals surface area contributed by atoms with Gasteiger partial charge < -0.3 is 0 Å². The second kappa shape index (κ2) is 11.5. The highest BCUT2D eigenvalue weighted by atomic mass is 19.2. The molecule has 0 radical (unpaired) electrons. The van der Waals surface area contributed by atoms with Crippen LogP contribution in [-0.2, 0) is 19.3 Å². The summed E-state index contributed by atoms with van der Waals surface area (Å²) in [5, 5.41) is 0. The highest BCUT2D eigenvalue weighted by molar-refractivity contribution is 6.03. The van der Waals surface area contributed by atoms with Crippen LogP contribution in [0.15, 0.2) is 42.5 Å². The van der Waals surface area contributed by atoms with Crippen LogP contribution in [0.25, 0.3) is 22.3 Å². The van der Waals surface area contributed by atoms with Crippen molar-refractivity contribution in [3.63, 3.8) is 0 Å². The van der Waals surface area contributed by atoms with E-state index in [2.05, 4.69) is 38.1 Å². The number of hydrogen-bond donors (Lipinski definition) is 0. The zero-order chi connectivity index (χ0) is 25.9. The van der Waals surface area contributed by atoms with Gasteiger partial charge in [-0.05, 0) is 103 Å². The first kappa shape index (κ1) is 26.1. The summed E-state index contributed by atoms with van der Waals surface area (Å²) >= 11 is 0. The Morgan fingerprint density at radius 1 is 0.649 bits per heavy atom. The van der Waals surface area contributed by atoms with Crippen molar-refractivity contribution in [3.05, 3.63) is 82.2 Å². The summed E-state index contributed by atoms with van der Waals surface area (Å²) in [6.45, 7) is 4.42. The fourth-order valence-electron chi connectivity index (χ4n) is 6.53. The first-order valence-electron chi connectivity index (χ1n) is 14.4. The third-order valence-electron chi connectivity index (χ3n) is 8.75. The fourth-order valence-corrected chi connectivity index (χ4v) is 6.53. The standard InChI is InChI=1S/C34H39F3/c1-3-5-6-8-23-9-11-24(12-10-23)15-18-26-21-29-28-20-19-27(25-16-13-22(7-4-2)14-17-25)33(36)30(28)31(29)34(37)32(26)35/h9-12,19-22,25H,3-8,13-18H2,1-2H3. The smallest absolute Gasteiger partial charge is 0.167 e. The zero-order valence-corrected chi connectivity index (χ0v) is 22.3. The lowest BCUT2D eigenvalue weighted by Gasteiger charge is -2.32. The number of aryl methyl sites for hydroxylation is 3. The summed E-state index contributed by atoms with van der Waals surface area (Å²) in [5.41, 5.74) is 5.26. The van der Waals surface area contributed by atoms with Gasteiger partial charge in [-0.3, -0.25) is 0 Å². The van der Waals surface area contributed by atoms with Gasteiger partial charge in [0.05, 0.1) is 0 Å². The molecule has 0 unspecified atom stereocenters. The maximum Gasteiger partial charge on any atom is 0.167 e. The van der Waals surface area contributed by atoms with Crippen LogP contribution in [0.5, 0.6) is 0 Å². The average Bonchev–Trinajstić information content (AvgIpc) is 2.90. The topological polar surface area (TPSA) is 0 Å². The Labute approximate surface area is 220 Å². The maximum atomic E-state index is 15.6. The van der Waals surface area contributed by atoms with Crippen molar-refractivity contribution in [3.8, 4) is 22.3 Å². The van der Waals surface area contributed by atoms with Crippen LogP contribution in [0.1, 0.15) is 99.8 Å². The Morgan fingerprint density at radius 2 is 1.32 bits per heavy atom. The normalized spacial score (nSPS) is 18.3. The fraction of sp³-hybridized carbons (Fsp3) is 0.471. The summed E-state index contributed by atoms with van der Waals surface area (Å²) in [6, 6.07) is 14.0. The molecule has 0 aromatic heterocycles. The van der Waals surface area contributed by atoms with Crippen LogP contribution in [0.4, 0.5) is 13.2 Å². The molecule has 0 aliphatic heterocycles. The van der Waals surface area contributed by atoms with Gasteiger partial charge in [-0.2, -0.15) is 0 Å². The summed E-state index contributed by atoms with van der Waals surface area (Å²) in [6.07, 6.45) is 12.4. The maximum absolute atomic E-state index is 15.6. The molecule has 0 heterocycles. The molecule has 0 atom stereocenters. The first-order valence-corrected chi connectivity index (χ1v) is 14.4. The van der Waals surface area contributed by atoms with E-state index in [4.69, 9.17) is 0 Å². The number of fused-ring (bicyclic) bond motifs is 4. The zero-order valence-electron chi connectivity index (χ0n) is 22.3. The van der Waals surface area contributed by atoms with E-state index in [1.165, 1.54) is 37.7 Å². The van der Waals surface area contributed by atoms with Crippen LogP contribution in [0.3, 0.4) is 0 Å². The van der Waals surface area contributed by atoms with Gasteiger partial charge in [0.25, 0.3) is 0 Å². The summed E-state index contributed by atoms with van der Waals surface area (Å²) < 4.78 is 46.0. The third-order valence-corrected chi connectivity index (χ3v) is 8.75. The quantitative estimate of drug-likeness (QED) is 0.188. The van der Waals surface area contributed by atoms with E-state index in [0.29, 0.717) is 35.1 Å². The molecule has 5 rings (SSSR count). The molecule has 0 nitrogen and oxygen atoms in total. The lowest BCUT2D eigenvalue weighted by Crippen LogP contribution is -2.16. The predicted octanol–water partition coefficient (Wildman–Crippen LogP) is 10.3. The summed E-state index contributed by atoms with van der Waals surface area (Å²) in [4.78, 5) is 0. The molecule has 196 valence electrons. The van der Waals surface area contributed by atoms with Gasteiger partial charge in [-0.1, -0.05) is 75.9 Å². The molecule has 0 bridgehead atoms. The van der Waals surface area contributed by atoms with Crippen LogP contribution < -0.4 is 0 Å². The monoisotopic (exact) mass is 504 g/mol. The van der Waals surface area contributed by atoms with Crippen molar-refractivity contribution < 1.29 is 13.2 Å². The number of unbranched alkanes of at least 4 members (excludes halogenated alkanes) is 2. The minimum Gasteiger partial charge on any atom is -0.206 e. The first-order chi connectivity index (χ1) is 18.0. The van der Waals surface area contributed by atoms with Gasteiger partial charge >= 0.3 is 0 Å². The summed E-state index contributed by atoms with van der Waals surface area (Å²) in [7, 11) is 0. The van der Waals surface area contributed by atoms with Crippen LogP contribution in [0.2, 0.25) is 0 Å². The molecule has 37 heavy (non-hydrogen) atoms. The molecule has 3 aromatic rings. The number of benzene rings is 3. The Bertz CT molecular complexity index is 1230. The molecule has 1 saturated carbocycles. The van der Waals surface area contributed by atoms with Crippen molar-refractivity contribution in [1.82, 2.24) is 0 Å². The van der Waals surface area contributed by atoms with E-state index < -0.39 is 11.6 Å². The molecule has 2 aliphatic rings. The van der Waals surface area contributed by atoms with Crippen molar-refractivity contribution >= 4 is 0 Å². The molecule has 1 fully saturated rings. The Kier molecular flexibility index (Phi) is 8.07. The molecular weight excluding hydrogens is 465 g/mol. The average molecular weight is 505 g/mol. The van der Waals surface area contributed by atoms with Crippen molar-refractivity contribution in [1.29, 1.82) is 0 Å². The highest BCUT2D eigenvalue weighted by Gasteiger charge is 2.35. The Morgan fingerprint density at radius 3 is 2.00 bits per heavy atom. The van der Waals surface area contributed by atoms with E-state index in [0.717, 1.165) is 43.6 Å². The van der Waals surface area contributed by atoms with Gasteiger partial charge in [0.2, 0.25) is 0 Å². The molecule has 0 saturated heterocycles. The van der Waals surface area contributed by atoms with Gasteiger partial charge in [0.1, 0.15) is 5.82 Å². The number of halogens is 3. The van der Waals surface area contributed by atoms with Crippen LogP contribution in [-0.4, -0.2) is 0 Å². The lowest BCUT2D eigenvalue weighted by molar-refractivity contribution is 0.304. The Balaban J connectivity index is 1.30. The molecule has 0 N–H and O–H groups in total. The Hall–Kier alpha value is -2.55. The van der Waals surface area contributed by atoms with Crippen molar-refractivity contribution in [2.24, 2.45) is 5.92 Å². The number of rotatable bonds is 10. The second-order valence-electron chi connectivity index (χ2n) is 11.3. The molecule has 3 aromatic carbocycles. The van der Waals surface area contributed by atoms with E-state index in [1.807, 2.05) is 12.1 Å². The molecule has 3 heteroatoms. The van der Waals surface area contributed by atoms with E-state index in [-0.39, 0.29) is 22.9 Å². The largest absolute Gasteiger partial charge is 0.206 e. The van der Waals surface area contributed by atoms with E-state index >= 15 is 13.2 Å². The minimum atomic E-state index is -0.894. The SMILES string of the molecule is CCCCCc1ccc(CCc2cc3c(c(F)c2F)-c2c-3ccc(C3CCC(CCC)CC3)c2F)cc1. The van der Waals surface area contributed by atoms with Crippen molar-refractivity contribution in [2.75, 3.05) is 0 Å². The molecule has 0 spiro atoms. The molecule has 2 aliphatic carbocycles. The highest BCUT2D eigenvalue weighted by Crippen LogP contribution is 2.53. The lowest BCUT2D eigenvalue weighted by atomic mass is 9.73. The third kappa shape index (κ3) is 5.24. The summed E-state index contributed by atoms with van der Waals surface area (Å²) in [5.74, 6) is -1.15. The van der Waals surface area contributed by atoms with Crippen molar-refractivity contribution in [2.45, 2.75) is 96.8 Å². The predicted molar refractivity (Wildman–Crippen MR) is 147 cm³/mol. The molecular formula is C34H39F3. The number of hydrogen-bond acceptors (Lipinski definition) is 0. The second-order valence-corrected chi connectivity index (χ2v) is 11.3. The minimum absolute atomic E-state index is 0.131. The van der Waals surface area contributed by atoms with E-state index in [9.17, 15) is 0 Å².